The molecule has 0 aliphatic heterocycles. The first kappa shape index (κ1) is 16.8. The number of anilines is 1. The van der Waals surface area contributed by atoms with Crippen LogP contribution in [0.3, 0.4) is 0 Å². The maximum absolute atomic E-state index is 9.55. The number of aliphatic hydroxyl groups is 5. The molecule has 0 unspecified atom stereocenters. The number of rotatable bonds is 7. The van der Waals surface area contributed by atoms with Crippen molar-refractivity contribution in [1.29, 1.82) is 0 Å². The van der Waals surface area contributed by atoms with Crippen molar-refractivity contribution in [3.8, 4) is 0 Å². The molecular weight excluding hydrogens is 288 g/mol. The average Bonchev–Trinajstić information content (AvgIpc) is 2.46. The number of nitrogens with zero attached hydrogens (tertiary/aromatic N) is 1. The highest BCUT2D eigenvalue weighted by Gasteiger charge is 2.29. The normalized spacial score (nSPS) is 17.7. The standard InChI is InChI=1S/C12H17ClN2O5/c13-7-3-1-2-4-8(7)15-14-5-9(17)11(19)12(20)10(18)6-16/h1-5,9-12,15-20H,6H2/b14-5-/t9-,10+,11+,12+/m0/s1. The second-order valence-corrected chi connectivity index (χ2v) is 4.50. The highest BCUT2D eigenvalue weighted by molar-refractivity contribution is 6.33. The number of halogens is 1. The minimum absolute atomic E-state index is 0.426. The van der Waals surface area contributed by atoms with Crippen molar-refractivity contribution in [2.24, 2.45) is 5.10 Å². The van der Waals surface area contributed by atoms with Crippen molar-refractivity contribution in [1.82, 2.24) is 0 Å². The lowest BCUT2D eigenvalue weighted by molar-refractivity contribution is -0.0999. The van der Waals surface area contributed by atoms with Gasteiger partial charge in [-0.1, -0.05) is 23.7 Å². The number of nitrogens with one attached hydrogen (secondary N) is 1. The number of aliphatic hydroxyl groups excluding tert-OH is 5. The summed E-state index contributed by atoms with van der Waals surface area (Å²) < 4.78 is 0. The number of hydrogen-bond acceptors (Lipinski definition) is 7. The van der Waals surface area contributed by atoms with Crippen LogP contribution in [0.2, 0.25) is 5.02 Å². The van der Waals surface area contributed by atoms with Crippen LogP contribution in [0.4, 0.5) is 5.69 Å². The van der Waals surface area contributed by atoms with E-state index in [0.29, 0.717) is 10.7 Å². The number of para-hydroxylation sites is 1. The SMILES string of the molecule is OC[C@@H](O)[C@@H](O)[C@H](O)[C@@H](O)/C=N\Nc1ccccc1Cl. The van der Waals surface area contributed by atoms with Crippen molar-refractivity contribution >= 4 is 23.5 Å². The van der Waals surface area contributed by atoms with Gasteiger partial charge in [0.1, 0.15) is 24.4 Å². The molecule has 7 nitrogen and oxygen atoms in total. The fraction of sp³-hybridized carbons (Fsp3) is 0.417. The third-order valence-electron chi connectivity index (χ3n) is 2.57. The molecule has 6 N–H and O–H groups in total. The van der Waals surface area contributed by atoms with Gasteiger partial charge in [0.15, 0.2) is 0 Å². The van der Waals surface area contributed by atoms with Gasteiger partial charge in [-0.05, 0) is 12.1 Å². The molecule has 1 rings (SSSR count). The van der Waals surface area contributed by atoms with Gasteiger partial charge in [-0.15, -0.1) is 0 Å². The number of hydrazone groups is 1. The molecule has 0 aliphatic carbocycles. The first-order valence-corrected chi connectivity index (χ1v) is 6.22. The zero-order valence-corrected chi connectivity index (χ0v) is 11.2. The molecule has 1 aromatic rings. The van der Waals surface area contributed by atoms with Crippen LogP contribution in [0.15, 0.2) is 29.4 Å². The lowest BCUT2D eigenvalue weighted by Gasteiger charge is -2.23. The summed E-state index contributed by atoms with van der Waals surface area (Å²) in [5.41, 5.74) is 3.06. The van der Waals surface area contributed by atoms with Gasteiger partial charge < -0.3 is 25.5 Å². The molecule has 1 aromatic carbocycles. The molecule has 0 amide bonds. The van der Waals surface area contributed by atoms with Crippen molar-refractivity contribution in [3.05, 3.63) is 29.3 Å². The van der Waals surface area contributed by atoms with E-state index in [1.165, 1.54) is 0 Å². The summed E-state index contributed by atoms with van der Waals surface area (Å²) in [6, 6.07) is 6.78. The van der Waals surface area contributed by atoms with Gasteiger partial charge in [-0.25, -0.2) is 0 Å². The summed E-state index contributed by atoms with van der Waals surface area (Å²) in [5, 5.41) is 50.3. The molecule has 0 aliphatic rings. The summed E-state index contributed by atoms with van der Waals surface area (Å²) in [7, 11) is 0. The van der Waals surface area contributed by atoms with E-state index in [0.717, 1.165) is 6.21 Å². The predicted octanol–water partition coefficient (Wildman–Crippen LogP) is -0.826. The van der Waals surface area contributed by atoms with Crippen molar-refractivity contribution < 1.29 is 25.5 Å². The Hall–Kier alpha value is -1.22. The zero-order chi connectivity index (χ0) is 15.1. The molecule has 112 valence electrons. The molecule has 4 atom stereocenters. The minimum atomic E-state index is -1.69. The Morgan fingerprint density at radius 3 is 2.40 bits per heavy atom. The Morgan fingerprint density at radius 1 is 1.15 bits per heavy atom. The Labute approximate surface area is 120 Å². The Kier molecular flexibility index (Phi) is 6.86. The molecule has 0 fully saturated rings. The van der Waals surface area contributed by atoms with Crippen LogP contribution in [0, 0.1) is 0 Å². The second kappa shape index (κ2) is 8.15. The summed E-state index contributed by atoms with van der Waals surface area (Å²) >= 11 is 5.86. The van der Waals surface area contributed by atoms with Gasteiger partial charge in [0, 0.05) is 0 Å². The van der Waals surface area contributed by atoms with Crippen LogP contribution in [-0.2, 0) is 0 Å². The maximum Gasteiger partial charge on any atom is 0.119 e. The lowest BCUT2D eigenvalue weighted by Crippen LogP contribution is -2.46. The molecule has 0 bridgehead atoms. The van der Waals surface area contributed by atoms with Gasteiger partial charge in [0.25, 0.3) is 0 Å². The Bertz CT molecular complexity index is 446. The highest BCUT2D eigenvalue weighted by atomic mass is 35.5. The molecule has 0 saturated heterocycles. The molecule has 20 heavy (non-hydrogen) atoms. The first-order chi connectivity index (χ1) is 9.47. The first-order valence-electron chi connectivity index (χ1n) is 5.84. The second-order valence-electron chi connectivity index (χ2n) is 4.09. The van der Waals surface area contributed by atoms with E-state index >= 15 is 0 Å². The lowest BCUT2D eigenvalue weighted by atomic mass is 10.0. The van der Waals surface area contributed by atoms with Crippen molar-refractivity contribution in [2.45, 2.75) is 24.4 Å². The fourth-order valence-electron chi connectivity index (χ4n) is 1.36. The van der Waals surface area contributed by atoms with Crippen molar-refractivity contribution in [3.63, 3.8) is 0 Å². The van der Waals surface area contributed by atoms with Crippen LogP contribution in [-0.4, -0.2) is 62.8 Å². The maximum atomic E-state index is 9.55. The van der Waals surface area contributed by atoms with E-state index < -0.39 is 31.0 Å². The summed E-state index contributed by atoms with van der Waals surface area (Å²) in [5.74, 6) is 0. The molecule has 0 spiro atoms. The summed E-state index contributed by atoms with van der Waals surface area (Å²) in [6.45, 7) is -0.736. The Morgan fingerprint density at radius 2 is 1.80 bits per heavy atom. The van der Waals surface area contributed by atoms with E-state index in [-0.39, 0.29) is 0 Å². The quantitative estimate of drug-likeness (QED) is 0.289. The van der Waals surface area contributed by atoms with Crippen LogP contribution < -0.4 is 5.43 Å². The van der Waals surface area contributed by atoms with Crippen LogP contribution in [0.1, 0.15) is 0 Å². The molecule has 0 saturated carbocycles. The van der Waals surface area contributed by atoms with E-state index in [1.54, 1.807) is 24.3 Å². The largest absolute Gasteiger partial charge is 0.394 e. The Balaban J connectivity index is 2.55. The molecule has 0 aromatic heterocycles. The van der Waals surface area contributed by atoms with E-state index in [1.807, 2.05) is 0 Å². The van der Waals surface area contributed by atoms with E-state index in [4.69, 9.17) is 21.8 Å². The number of hydrogen-bond donors (Lipinski definition) is 6. The third-order valence-corrected chi connectivity index (χ3v) is 2.90. The average molecular weight is 305 g/mol. The minimum Gasteiger partial charge on any atom is -0.394 e. The molecular formula is C12H17ClN2O5. The summed E-state index contributed by atoms with van der Waals surface area (Å²) in [6.07, 6.45) is -5.51. The van der Waals surface area contributed by atoms with Gasteiger partial charge in [-0.2, -0.15) is 5.10 Å². The molecule has 8 heteroatoms. The van der Waals surface area contributed by atoms with Crippen LogP contribution >= 0.6 is 11.6 Å². The zero-order valence-electron chi connectivity index (χ0n) is 10.5. The van der Waals surface area contributed by atoms with Gasteiger partial charge in [0.2, 0.25) is 0 Å². The van der Waals surface area contributed by atoms with Gasteiger partial charge in [0.05, 0.1) is 23.5 Å². The predicted molar refractivity (Wildman–Crippen MR) is 74.7 cm³/mol. The van der Waals surface area contributed by atoms with Crippen LogP contribution in [0.5, 0.6) is 0 Å². The highest BCUT2D eigenvalue weighted by Crippen LogP contribution is 2.20. The van der Waals surface area contributed by atoms with Gasteiger partial charge >= 0.3 is 0 Å². The third kappa shape index (κ3) is 4.71. The van der Waals surface area contributed by atoms with Crippen LogP contribution in [0.25, 0.3) is 0 Å². The molecule has 0 radical (unpaired) electrons. The van der Waals surface area contributed by atoms with Crippen molar-refractivity contribution in [2.75, 3.05) is 12.0 Å². The molecule has 0 heterocycles. The van der Waals surface area contributed by atoms with Gasteiger partial charge in [-0.3, -0.25) is 5.43 Å². The summed E-state index contributed by atoms with van der Waals surface area (Å²) in [4.78, 5) is 0. The van der Waals surface area contributed by atoms with E-state index in [9.17, 15) is 15.3 Å². The fourth-order valence-corrected chi connectivity index (χ4v) is 1.54. The smallest absolute Gasteiger partial charge is 0.119 e. The monoisotopic (exact) mass is 304 g/mol. The number of benzene rings is 1. The topological polar surface area (TPSA) is 126 Å². The van der Waals surface area contributed by atoms with E-state index in [2.05, 4.69) is 10.5 Å².